The molecule has 3 aromatic rings. The van der Waals surface area contributed by atoms with Crippen LogP contribution in [0.1, 0.15) is 25.1 Å². The summed E-state index contributed by atoms with van der Waals surface area (Å²) in [5.74, 6) is 1.43. The molecule has 3 aromatic heterocycles. The highest BCUT2D eigenvalue weighted by molar-refractivity contribution is 7.17. The van der Waals surface area contributed by atoms with Crippen LogP contribution in [-0.4, -0.2) is 34.1 Å². The normalized spacial score (nSPS) is 11.0. The van der Waals surface area contributed by atoms with E-state index in [0.717, 1.165) is 40.3 Å². The molecule has 9 heteroatoms. The van der Waals surface area contributed by atoms with Crippen molar-refractivity contribution < 1.29 is 4.79 Å². The predicted octanol–water partition coefficient (Wildman–Crippen LogP) is 3.97. The number of aromatic nitrogens is 3. The number of amides is 2. The molecule has 0 aliphatic rings. The van der Waals surface area contributed by atoms with Crippen LogP contribution >= 0.6 is 22.7 Å². The number of anilines is 2. The lowest BCUT2D eigenvalue weighted by atomic mass is 10.1. The molecule has 3 heterocycles. The molecule has 0 fully saturated rings. The zero-order chi connectivity index (χ0) is 18.4. The van der Waals surface area contributed by atoms with Crippen molar-refractivity contribution in [2.75, 3.05) is 23.7 Å². The molecule has 0 aromatic carbocycles. The molecule has 2 amide bonds. The number of nitrogens with zero attached hydrogens (tertiary/aromatic N) is 3. The van der Waals surface area contributed by atoms with Crippen molar-refractivity contribution in [2.45, 2.75) is 26.7 Å². The largest absolute Gasteiger partial charge is 0.368 e. The first kappa shape index (κ1) is 18.5. The third kappa shape index (κ3) is 5.12. The Morgan fingerprint density at radius 2 is 2.12 bits per heavy atom. The van der Waals surface area contributed by atoms with Crippen molar-refractivity contribution >= 4 is 49.9 Å². The SMILES string of the molecule is CC(C)CCNC(=O)Nc1ncc(CCNc2ncnc3ccsc23)s1. The number of thiazole rings is 1. The van der Waals surface area contributed by atoms with Gasteiger partial charge in [-0.25, -0.2) is 19.7 Å². The van der Waals surface area contributed by atoms with Gasteiger partial charge in [-0.15, -0.1) is 22.7 Å². The van der Waals surface area contributed by atoms with Crippen molar-refractivity contribution in [3.8, 4) is 0 Å². The van der Waals surface area contributed by atoms with Gasteiger partial charge in [0.15, 0.2) is 5.13 Å². The summed E-state index contributed by atoms with van der Waals surface area (Å²) >= 11 is 3.12. The van der Waals surface area contributed by atoms with Gasteiger partial charge in [-0.3, -0.25) is 5.32 Å². The maximum Gasteiger partial charge on any atom is 0.321 e. The van der Waals surface area contributed by atoms with Gasteiger partial charge in [-0.05, 0) is 23.8 Å². The number of thiophene rings is 1. The highest BCUT2D eigenvalue weighted by Crippen LogP contribution is 2.25. The third-order valence-electron chi connectivity index (χ3n) is 3.69. The molecule has 0 aliphatic heterocycles. The monoisotopic (exact) mass is 390 g/mol. The second kappa shape index (κ2) is 8.91. The summed E-state index contributed by atoms with van der Waals surface area (Å²) in [5.41, 5.74) is 0.959. The van der Waals surface area contributed by atoms with Crippen LogP contribution in [0.15, 0.2) is 24.0 Å². The maximum atomic E-state index is 11.8. The number of nitrogens with one attached hydrogen (secondary N) is 3. The van der Waals surface area contributed by atoms with Crippen molar-refractivity contribution in [2.24, 2.45) is 5.92 Å². The smallest absolute Gasteiger partial charge is 0.321 e. The van der Waals surface area contributed by atoms with E-state index in [1.54, 1.807) is 23.9 Å². The van der Waals surface area contributed by atoms with E-state index in [9.17, 15) is 4.79 Å². The topological polar surface area (TPSA) is 91.8 Å². The van der Waals surface area contributed by atoms with Gasteiger partial charge < -0.3 is 10.6 Å². The van der Waals surface area contributed by atoms with Crippen LogP contribution in [0.25, 0.3) is 10.2 Å². The van der Waals surface area contributed by atoms with Crippen LogP contribution in [0.4, 0.5) is 15.7 Å². The highest BCUT2D eigenvalue weighted by atomic mass is 32.1. The molecule has 138 valence electrons. The lowest BCUT2D eigenvalue weighted by Crippen LogP contribution is -2.30. The summed E-state index contributed by atoms with van der Waals surface area (Å²) < 4.78 is 1.07. The Morgan fingerprint density at radius 1 is 1.23 bits per heavy atom. The standard InChI is InChI=1S/C17H22N6OS2/c1-11(2)3-6-19-16(24)23-17-20-9-12(26-17)4-7-18-15-14-13(5-8-25-14)21-10-22-15/h5,8-11H,3-4,6-7H2,1-2H3,(H,18,21,22)(H2,19,20,23,24). The van der Waals surface area contributed by atoms with Gasteiger partial charge in [0, 0.05) is 30.6 Å². The summed E-state index contributed by atoms with van der Waals surface area (Å²) in [7, 11) is 0. The van der Waals surface area contributed by atoms with Gasteiger partial charge in [0.05, 0.1) is 10.2 Å². The number of carbonyl (C=O) groups is 1. The van der Waals surface area contributed by atoms with E-state index in [1.165, 1.54) is 11.3 Å². The van der Waals surface area contributed by atoms with E-state index >= 15 is 0 Å². The van der Waals surface area contributed by atoms with Gasteiger partial charge in [-0.2, -0.15) is 0 Å². The first-order valence-corrected chi connectivity index (χ1v) is 10.2. The van der Waals surface area contributed by atoms with Crippen molar-refractivity contribution in [1.82, 2.24) is 20.3 Å². The minimum atomic E-state index is -0.203. The van der Waals surface area contributed by atoms with Gasteiger partial charge >= 0.3 is 6.03 Å². The first-order valence-electron chi connectivity index (χ1n) is 8.53. The molecule has 0 saturated heterocycles. The molecule has 0 atom stereocenters. The Bertz CT molecular complexity index is 860. The Labute approximate surface area is 160 Å². The second-order valence-electron chi connectivity index (χ2n) is 6.23. The van der Waals surface area contributed by atoms with Crippen LogP contribution < -0.4 is 16.0 Å². The average Bonchev–Trinajstić information content (AvgIpc) is 3.24. The fraction of sp³-hybridized carbons (Fsp3) is 0.412. The van der Waals surface area contributed by atoms with Crippen molar-refractivity contribution in [1.29, 1.82) is 0 Å². The molecule has 7 nitrogen and oxygen atoms in total. The molecular weight excluding hydrogens is 368 g/mol. The van der Waals surface area contributed by atoms with Gasteiger partial charge in [-0.1, -0.05) is 13.8 Å². The van der Waals surface area contributed by atoms with Crippen LogP contribution in [0.5, 0.6) is 0 Å². The Hall–Kier alpha value is -2.26. The van der Waals surface area contributed by atoms with Crippen molar-refractivity contribution in [3.63, 3.8) is 0 Å². The fourth-order valence-corrected chi connectivity index (χ4v) is 3.93. The van der Waals surface area contributed by atoms with E-state index in [1.807, 2.05) is 11.4 Å². The van der Waals surface area contributed by atoms with Gasteiger partial charge in [0.1, 0.15) is 12.1 Å². The molecule has 0 spiro atoms. The van der Waals surface area contributed by atoms with E-state index in [0.29, 0.717) is 17.6 Å². The molecule has 26 heavy (non-hydrogen) atoms. The zero-order valence-corrected chi connectivity index (χ0v) is 16.4. The predicted molar refractivity (Wildman–Crippen MR) is 108 cm³/mol. The molecule has 0 saturated carbocycles. The number of carbonyl (C=O) groups excluding carboxylic acids is 1. The molecular formula is C17H22N6OS2. The molecule has 3 N–H and O–H groups in total. The van der Waals surface area contributed by atoms with Crippen LogP contribution in [0, 0.1) is 5.92 Å². The number of fused-ring (bicyclic) bond motifs is 1. The highest BCUT2D eigenvalue weighted by Gasteiger charge is 2.08. The summed E-state index contributed by atoms with van der Waals surface area (Å²) in [6, 6.07) is 1.78. The number of hydrogen-bond acceptors (Lipinski definition) is 7. The summed E-state index contributed by atoms with van der Waals surface area (Å²) in [6.45, 7) is 5.67. The summed E-state index contributed by atoms with van der Waals surface area (Å²) in [6.07, 6.45) is 5.15. The second-order valence-corrected chi connectivity index (χ2v) is 8.26. The third-order valence-corrected chi connectivity index (χ3v) is 5.57. The van der Waals surface area contributed by atoms with E-state index < -0.39 is 0 Å². The molecule has 0 radical (unpaired) electrons. The molecule has 0 unspecified atom stereocenters. The van der Waals surface area contributed by atoms with Gasteiger partial charge in [0.2, 0.25) is 0 Å². The summed E-state index contributed by atoms with van der Waals surface area (Å²) in [5, 5.41) is 11.6. The number of rotatable bonds is 8. The van der Waals surface area contributed by atoms with Gasteiger partial charge in [0.25, 0.3) is 0 Å². The Morgan fingerprint density at radius 3 is 2.96 bits per heavy atom. The lowest BCUT2D eigenvalue weighted by molar-refractivity contribution is 0.251. The Balaban J connectivity index is 1.45. The van der Waals surface area contributed by atoms with Crippen LogP contribution in [0.2, 0.25) is 0 Å². The number of urea groups is 1. The summed E-state index contributed by atoms with van der Waals surface area (Å²) in [4.78, 5) is 25.7. The quantitative estimate of drug-likeness (QED) is 0.541. The van der Waals surface area contributed by atoms with E-state index in [-0.39, 0.29) is 6.03 Å². The first-order chi connectivity index (χ1) is 12.6. The minimum Gasteiger partial charge on any atom is -0.368 e. The molecule has 0 bridgehead atoms. The lowest BCUT2D eigenvalue weighted by Gasteiger charge is -2.07. The maximum absolute atomic E-state index is 11.8. The van der Waals surface area contributed by atoms with E-state index in [2.05, 4.69) is 44.7 Å². The Kier molecular flexibility index (Phi) is 6.35. The average molecular weight is 391 g/mol. The van der Waals surface area contributed by atoms with E-state index in [4.69, 9.17) is 0 Å². The van der Waals surface area contributed by atoms with Crippen LogP contribution in [0.3, 0.4) is 0 Å². The van der Waals surface area contributed by atoms with Crippen LogP contribution in [-0.2, 0) is 6.42 Å². The zero-order valence-electron chi connectivity index (χ0n) is 14.8. The fourth-order valence-electron chi connectivity index (χ4n) is 2.32. The molecule has 3 rings (SSSR count). The van der Waals surface area contributed by atoms with Crippen molar-refractivity contribution in [3.05, 3.63) is 28.8 Å². The molecule has 0 aliphatic carbocycles. The minimum absolute atomic E-state index is 0.203. The number of hydrogen-bond donors (Lipinski definition) is 3.